The van der Waals surface area contributed by atoms with E-state index >= 15 is 0 Å². The first-order chi connectivity index (χ1) is 12.9. The molecule has 0 atom stereocenters. The summed E-state index contributed by atoms with van der Waals surface area (Å²) in [5.74, 6) is 7.78. The van der Waals surface area contributed by atoms with Crippen LogP contribution in [0, 0.1) is 11.8 Å². The van der Waals surface area contributed by atoms with E-state index in [1.165, 1.54) is 0 Å². The van der Waals surface area contributed by atoms with Crippen LogP contribution in [0.1, 0.15) is 11.1 Å². The summed E-state index contributed by atoms with van der Waals surface area (Å²) in [6.45, 7) is 0. The largest absolute Gasteiger partial charge is 0.237 e. The van der Waals surface area contributed by atoms with Crippen LogP contribution in [0.2, 0.25) is 0 Å². The minimum Gasteiger partial charge on any atom is -0.237 e. The van der Waals surface area contributed by atoms with Gasteiger partial charge in [0.15, 0.2) is 11.6 Å². The van der Waals surface area contributed by atoms with Crippen molar-refractivity contribution in [1.82, 2.24) is 19.9 Å². The van der Waals surface area contributed by atoms with Gasteiger partial charge in [-0.25, -0.2) is 19.9 Å². The molecule has 0 N–H and O–H groups in total. The summed E-state index contributed by atoms with van der Waals surface area (Å²) in [5, 5.41) is 0. The first-order valence-electron chi connectivity index (χ1n) is 8.15. The highest BCUT2D eigenvalue weighted by molar-refractivity contribution is 5.58. The van der Waals surface area contributed by atoms with Crippen LogP contribution in [0.5, 0.6) is 0 Å². The molecule has 2 aromatic heterocycles. The molecule has 0 aliphatic heterocycles. The summed E-state index contributed by atoms with van der Waals surface area (Å²) in [4.78, 5) is 17.0. The van der Waals surface area contributed by atoms with Crippen molar-refractivity contribution in [3.8, 4) is 34.6 Å². The third kappa shape index (κ3) is 3.63. The van der Waals surface area contributed by atoms with E-state index in [0.717, 1.165) is 22.3 Å². The van der Waals surface area contributed by atoms with Crippen molar-refractivity contribution in [2.75, 3.05) is 0 Å². The van der Waals surface area contributed by atoms with Gasteiger partial charge < -0.3 is 0 Å². The van der Waals surface area contributed by atoms with Gasteiger partial charge in [0.25, 0.3) is 0 Å². The smallest absolute Gasteiger partial charge is 0.159 e. The number of rotatable bonds is 2. The van der Waals surface area contributed by atoms with E-state index in [4.69, 9.17) is 0 Å². The van der Waals surface area contributed by atoms with Gasteiger partial charge in [0.1, 0.15) is 0 Å². The summed E-state index contributed by atoms with van der Waals surface area (Å²) in [7, 11) is 0. The highest BCUT2D eigenvalue weighted by Crippen LogP contribution is 2.15. The molecule has 4 aromatic rings. The predicted molar refractivity (Wildman–Crippen MR) is 101 cm³/mol. The van der Waals surface area contributed by atoms with Gasteiger partial charge in [-0.05, 0) is 60.7 Å². The molecule has 2 heterocycles. The predicted octanol–water partition coefficient (Wildman–Crippen LogP) is 4.00. The molecule has 0 radical (unpaired) electrons. The Labute approximate surface area is 151 Å². The molecular weight excluding hydrogens is 320 g/mol. The van der Waals surface area contributed by atoms with Gasteiger partial charge >= 0.3 is 0 Å². The lowest BCUT2D eigenvalue weighted by atomic mass is 10.1. The second-order valence-electron chi connectivity index (χ2n) is 5.55. The van der Waals surface area contributed by atoms with E-state index < -0.39 is 0 Å². The van der Waals surface area contributed by atoms with E-state index in [2.05, 4.69) is 31.8 Å². The van der Waals surface area contributed by atoms with E-state index in [1.54, 1.807) is 36.9 Å². The fourth-order valence-corrected chi connectivity index (χ4v) is 2.45. The molecule has 4 rings (SSSR count). The van der Waals surface area contributed by atoms with E-state index in [0.29, 0.717) is 11.6 Å². The van der Waals surface area contributed by atoms with Crippen molar-refractivity contribution >= 4 is 0 Å². The third-order valence-electron chi connectivity index (χ3n) is 3.77. The summed E-state index contributed by atoms with van der Waals surface area (Å²) < 4.78 is 0. The molecule has 0 aliphatic carbocycles. The molecule has 4 heteroatoms. The van der Waals surface area contributed by atoms with Gasteiger partial charge in [-0.1, -0.05) is 11.8 Å². The van der Waals surface area contributed by atoms with Crippen molar-refractivity contribution in [2.45, 2.75) is 0 Å². The Morgan fingerprint density at radius 2 is 0.808 bits per heavy atom. The Bertz CT molecular complexity index is 959. The Morgan fingerprint density at radius 1 is 0.462 bits per heavy atom. The van der Waals surface area contributed by atoms with Crippen molar-refractivity contribution < 1.29 is 0 Å². The molecule has 0 fully saturated rings. The molecule has 0 unspecified atom stereocenters. The quantitative estimate of drug-likeness (QED) is 0.520. The molecule has 0 bridgehead atoms. The van der Waals surface area contributed by atoms with Crippen LogP contribution in [0.4, 0.5) is 0 Å². The zero-order valence-electron chi connectivity index (χ0n) is 13.9. The summed E-state index contributed by atoms with van der Waals surface area (Å²) in [6, 6.07) is 19.4. The summed E-state index contributed by atoms with van der Waals surface area (Å²) in [6.07, 6.45) is 6.95. The van der Waals surface area contributed by atoms with Crippen LogP contribution in [-0.4, -0.2) is 19.9 Å². The molecule has 0 amide bonds. The maximum atomic E-state index is 4.25. The molecule has 0 saturated heterocycles. The van der Waals surface area contributed by atoms with Crippen LogP contribution in [0.15, 0.2) is 85.5 Å². The van der Waals surface area contributed by atoms with Crippen molar-refractivity contribution in [1.29, 1.82) is 0 Å². The highest BCUT2D eigenvalue weighted by atomic mass is 14.9. The number of hydrogen-bond acceptors (Lipinski definition) is 4. The normalized spacial score (nSPS) is 10.0. The average Bonchev–Trinajstić information content (AvgIpc) is 2.74. The van der Waals surface area contributed by atoms with Gasteiger partial charge in [0.05, 0.1) is 0 Å². The monoisotopic (exact) mass is 334 g/mol. The third-order valence-corrected chi connectivity index (χ3v) is 3.77. The second-order valence-corrected chi connectivity index (χ2v) is 5.55. The maximum Gasteiger partial charge on any atom is 0.159 e. The van der Waals surface area contributed by atoms with Gasteiger partial charge in [0.2, 0.25) is 0 Å². The first-order valence-corrected chi connectivity index (χ1v) is 8.15. The maximum absolute atomic E-state index is 4.25. The van der Waals surface area contributed by atoms with Gasteiger partial charge in [-0.15, -0.1) is 0 Å². The molecule has 26 heavy (non-hydrogen) atoms. The van der Waals surface area contributed by atoms with Crippen molar-refractivity contribution in [3.63, 3.8) is 0 Å². The zero-order valence-corrected chi connectivity index (χ0v) is 13.9. The Hall–Kier alpha value is -3.84. The molecule has 122 valence electrons. The van der Waals surface area contributed by atoms with E-state index in [9.17, 15) is 0 Å². The Balaban J connectivity index is 1.51. The molecule has 0 aliphatic rings. The first kappa shape index (κ1) is 15.7. The number of benzene rings is 2. The van der Waals surface area contributed by atoms with Crippen molar-refractivity contribution in [2.24, 2.45) is 0 Å². The minimum atomic E-state index is 0.714. The lowest BCUT2D eigenvalue weighted by Crippen LogP contribution is -1.87. The SMILES string of the molecule is C(#Cc1ccc(-c2ncccn2)cc1)c1ccc(-c2ncccn2)cc1. The van der Waals surface area contributed by atoms with Crippen LogP contribution < -0.4 is 0 Å². The lowest BCUT2D eigenvalue weighted by Gasteiger charge is -1.99. The second kappa shape index (κ2) is 7.37. The lowest BCUT2D eigenvalue weighted by molar-refractivity contribution is 1.18. The molecule has 4 nitrogen and oxygen atoms in total. The van der Waals surface area contributed by atoms with Gasteiger partial charge in [0, 0.05) is 47.0 Å². The topological polar surface area (TPSA) is 51.6 Å². The fourth-order valence-electron chi connectivity index (χ4n) is 2.45. The Morgan fingerprint density at radius 3 is 1.15 bits per heavy atom. The Kier molecular flexibility index (Phi) is 4.44. The minimum absolute atomic E-state index is 0.714. The summed E-state index contributed by atoms with van der Waals surface area (Å²) >= 11 is 0. The van der Waals surface area contributed by atoms with Crippen LogP contribution in [0.25, 0.3) is 22.8 Å². The molecule has 0 spiro atoms. The fraction of sp³-hybridized carbons (Fsp3) is 0. The number of hydrogen-bond donors (Lipinski definition) is 0. The zero-order chi connectivity index (χ0) is 17.6. The number of nitrogens with zero attached hydrogens (tertiary/aromatic N) is 4. The average molecular weight is 334 g/mol. The molecular formula is C22H14N4. The molecule has 2 aromatic carbocycles. The standard InChI is InChI=1S/C22H14N4/c1-13-23-21(24-14-1)19-9-5-17(6-10-19)3-4-18-7-11-20(12-8-18)22-25-15-2-16-26-22/h1-2,5-16H. The number of aromatic nitrogens is 4. The molecule has 0 saturated carbocycles. The van der Waals surface area contributed by atoms with Crippen LogP contribution in [-0.2, 0) is 0 Å². The summed E-state index contributed by atoms with van der Waals surface area (Å²) in [5.41, 5.74) is 3.84. The van der Waals surface area contributed by atoms with E-state index in [1.807, 2.05) is 48.5 Å². The van der Waals surface area contributed by atoms with Crippen LogP contribution in [0.3, 0.4) is 0 Å². The van der Waals surface area contributed by atoms with Crippen LogP contribution >= 0.6 is 0 Å². The highest BCUT2D eigenvalue weighted by Gasteiger charge is 2.00. The van der Waals surface area contributed by atoms with Crippen molar-refractivity contribution in [3.05, 3.63) is 96.6 Å². The van der Waals surface area contributed by atoms with Gasteiger partial charge in [-0.3, -0.25) is 0 Å². The van der Waals surface area contributed by atoms with E-state index in [-0.39, 0.29) is 0 Å². The van der Waals surface area contributed by atoms with Gasteiger partial charge in [-0.2, -0.15) is 0 Å².